The van der Waals surface area contributed by atoms with Crippen LogP contribution in [0, 0.1) is 11.8 Å². The monoisotopic (exact) mass is 189 g/mol. The van der Waals surface area contributed by atoms with Crippen LogP contribution in [0.5, 0.6) is 0 Å². The van der Waals surface area contributed by atoms with Gasteiger partial charge in [-0.25, -0.2) is 8.42 Å². The molecule has 0 heterocycles. The molecule has 0 aliphatic rings. The van der Waals surface area contributed by atoms with Crippen LogP contribution in [0.15, 0.2) is 0 Å². The Labute approximate surface area is 74.3 Å². The standard InChI is InChI=1S/C8H15NO2S/c1-4-5-6-8(9)7(2)12(3,10)11/h7-8H,6,9H2,1-3H3. The van der Waals surface area contributed by atoms with Gasteiger partial charge in [0.15, 0.2) is 9.84 Å². The van der Waals surface area contributed by atoms with Crippen LogP contribution in [0.4, 0.5) is 0 Å². The van der Waals surface area contributed by atoms with E-state index in [0.717, 1.165) is 0 Å². The summed E-state index contributed by atoms with van der Waals surface area (Å²) >= 11 is 0. The summed E-state index contributed by atoms with van der Waals surface area (Å²) in [6.45, 7) is 3.31. The summed E-state index contributed by atoms with van der Waals surface area (Å²) in [6.07, 6.45) is 1.63. The van der Waals surface area contributed by atoms with E-state index in [1.165, 1.54) is 6.26 Å². The Morgan fingerprint density at radius 3 is 2.33 bits per heavy atom. The number of hydrogen-bond acceptors (Lipinski definition) is 3. The smallest absolute Gasteiger partial charge is 0.151 e. The van der Waals surface area contributed by atoms with Crippen molar-refractivity contribution in [2.24, 2.45) is 5.73 Å². The second-order valence-electron chi connectivity index (χ2n) is 2.83. The highest BCUT2D eigenvalue weighted by molar-refractivity contribution is 7.91. The van der Waals surface area contributed by atoms with Crippen LogP contribution in [0.3, 0.4) is 0 Å². The number of rotatable bonds is 3. The van der Waals surface area contributed by atoms with Gasteiger partial charge in [-0.2, -0.15) is 0 Å². The first kappa shape index (κ1) is 11.5. The fourth-order valence-electron chi connectivity index (χ4n) is 0.703. The quantitative estimate of drug-likeness (QED) is 0.643. The molecule has 3 nitrogen and oxygen atoms in total. The summed E-state index contributed by atoms with van der Waals surface area (Å²) in [4.78, 5) is 0. The molecule has 0 aromatic rings. The Balaban J connectivity index is 4.27. The fraction of sp³-hybridized carbons (Fsp3) is 0.750. The van der Waals surface area contributed by atoms with Gasteiger partial charge in [-0.05, 0) is 13.8 Å². The first-order chi connectivity index (χ1) is 5.39. The molecule has 0 saturated heterocycles. The molecule has 0 aromatic carbocycles. The summed E-state index contributed by atoms with van der Waals surface area (Å²) in [5.74, 6) is 5.44. The van der Waals surface area contributed by atoms with Crippen LogP contribution in [0.1, 0.15) is 20.3 Å². The lowest BCUT2D eigenvalue weighted by molar-refractivity contribution is 0.566. The van der Waals surface area contributed by atoms with Crippen LogP contribution in [0.2, 0.25) is 0 Å². The molecule has 4 heteroatoms. The lowest BCUT2D eigenvalue weighted by atomic mass is 10.2. The molecule has 12 heavy (non-hydrogen) atoms. The van der Waals surface area contributed by atoms with Gasteiger partial charge >= 0.3 is 0 Å². The molecule has 0 radical (unpaired) electrons. The Hall–Kier alpha value is -0.530. The maximum atomic E-state index is 11.0. The van der Waals surface area contributed by atoms with Gasteiger partial charge in [0.1, 0.15) is 0 Å². The fourth-order valence-corrected chi connectivity index (χ4v) is 1.43. The summed E-state index contributed by atoms with van der Waals surface area (Å²) in [5.41, 5.74) is 5.61. The molecule has 2 unspecified atom stereocenters. The minimum atomic E-state index is -3.03. The van der Waals surface area contributed by atoms with E-state index in [-0.39, 0.29) is 6.04 Å². The lowest BCUT2D eigenvalue weighted by Crippen LogP contribution is -2.37. The Morgan fingerprint density at radius 1 is 1.50 bits per heavy atom. The first-order valence-corrected chi connectivity index (χ1v) is 5.69. The van der Waals surface area contributed by atoms with Gasteiger partial charge in [0.05, 0.1) is 5.25 Å². The highest BCUT2D eigenvalue weighted by atomic mass is 32.2. The highest BCUT2D eigenvalue weighted by Crippen LogP contribution is 2.04. The molecule has 2 atom stereocenters. The maximum Gasteiger partial charge on any atom is 0.151 e. The molecule has 0 aliphatic heterocycles. The van der Waals surface area contributed by atoms with Crippen molar-refractivity contribution in [3.63, 3.8) is 0 Å². The Bertz CT molecular complexity index is 284. The minimum absolute atomic E-state index is 0.382. The molecule has 0 rings (SSSR count). The highest BCUT2D eigenvalue weighted by Gasteiger charge is 2.21. The van der Waals surface area contributed by atoms with E-state index in [0.29, 0.717) is 6.42 Å². The zero-order valence-corrected chi connectivity index (χ0v) is 8.48. The van der Waals surface area contributed by atoms with Gasteiger partial charge in [-0.15, -0.1) is 11.8 Å². The summed E-state index contributed by atoms with van der Waals surface area (Å²) in [6, 6.07) is -0.382. The van der Waals surface area contributed by atoms with Crippen molar-refractivity contribution in [2.75, 3.05) is 6.26 Å². The normalized spacial score (nSPS) is 16.0. The average molecular weight is 189 g/mol. The molecule has 2 N–H and O–H groups in total. The summed E-state index contributed by atoms with van der Waals surface area (Å²) in [7, 11) is -3.03. The molecule has 0 saturated carbocycles. The molecule has 0 amide bonds. The van der Waals surface area contributed by atoms with Crippen molar-refractivity contribution in [3.8, 4) is 11.8 Å². The van der Waals surface area contributed by atoms with Crippen LogP contribution in [0.25, 0.3) is 0 Å². The maximum absolute atomic E-state index is 11.0. The Morgan fingerprint density at radius 2 is 2.00 bits per heavy atom. The second-order valence-corrected chi connectivity index (χ2v) is 5.23. The first-order valence-electron chi connectivity index (χ1n) is 3.73. The molecular formula is C8H15NO2S. The van der Waals surface area contributed by atoms with Crippen molar-refractivity contribution in [3.05, 3.63) is 0 Å². The summed E-state index contributed by atoms with van der Waals surface area (Å²) in [5, 5.41) is -0.515. The topological polar surface area (TPSA) is 60.2 Å². The zero-order chi connectivity index (χ0) is 9.78. The van der Waals surface area contributed by atoms with Crippen molar-refractivity contribution in [1.82, 2.24) is 0 Å². The van der Waals surface area contributed by atoms with Gasteiger partial charge in [0.25, 0.3) is 0 Å². The lowest BCUT2D eigenvalue weighted by Gasteiger charge is -2.15. The van der Waals surface area contributed by atoms with Gasteiger partial charge < -0.3 is 5.73 Å². The average Bonchev–Trinajstić information content (AvgIpc) is 1.97. The van der Waals surface area contributed by atoms with E-state index >= 15 is 0 Å². The number of nitrogens with two attached hydrogens (primary N) is 1. The zero-order valence-electron chi connectivity index (χ0n) is 7.66. The third-order valence-electron chi connectivity index (χ3n) is 1.79. The van der Waals surface area contributed by atoms with E-state index in [1.807, 2.05) is 0 Å². The van der Waals surface area contributed by atoms with E-state index < -0.39 is 15.1 Å². The van der Waals surface area contributed by atoms with Crippen molar-refractivity contribution < 1.29 is 8.42 Å². The third kappa shape index (κ3) is 3.74. The second kappa shape index (κ2) is 4.48. The Kier molecular flexibility index (Phi) is 4.29. The van der Waals surface area contributed by atoms with Gasteiger partial charge in [0.2, 0.25) is 0 Å². The van der Waals surface area contributed by atoms with E-state index in [9.17, 15) is 8.42 Å². The molecule has 0 aliphatic carbocycles. The van der Waals surface area contributed by atoms with Crippen LogP contribution in [-0.2, 0) is 9.84 Å². The number of sulfone groups is 1. The predicted molar refractivity (Wildman–Crippen MR) is 50.3 cm³/mol. The van der Waals surface area contributed by atoms with E-state index in [2.05, 4.69) is 11.8 Å². The van der Waals surface area contributed by atoms with Crippen LogP contribution < -0.4 is 5.73 Å². The SMILES string of the molecule is CC#CCC(N)C(C)S(C)(=O)=O. The molecular weight excluding hydrogens is 174 g/mol. The van der Waals surface area contributed by atoms with Crippen molar-refractivity contribution >= 4 is 9.84 Å². The van der Waals surface area contributed by atoms with Gasteiger partial charge in [-0.1, -0.05) is 0 Å². The molecule has 0 bridgehead atoms. The predicted octanol–water partition coefficient (Wildman–Crippen LogP) is 0.160. The minimum Gasteiger partial charge on any atom is -0.326 e. The van der Waals surface area contributed by atoms with E-state index in [4.69, 9.17) is 5.73 Å². The molecule has 0 spiro atoms. The summed E-state index contributed by atoms with van der Waals surface area (Å²) < 4.78 is 22.0. The molecule has 0 aromatic heterocycles. The van der Waals surface area contributed by atoms with Crippen molar-refractivity contribution in [1.29, 1.82) is 0 Å². The molecule has 70 valence electrons. The van der Waals surface area contributed by atoms with Crippen molar-refractivity contribution in [2.45, 2.75) is 31.6 Å². The van der Waals surface area contributed by atoms with E-state index in [1.54, 1.807) is 13.8 Å². The van der Waals surface area contributed by atoms with Gasteiger partial charge in [-0.3, -0.25) is 0 Å². The van der Waals surface area contributed by atoms with Crippen LogP contribution in [-0.4, -0.2) is 26.0 Å². The van der Waals surface area contributed by atoms with Gasteiger partial charge in [0, 0.05) is 18.7 Å². The van der Waals surface area contributed by atoms with Crippen LogP contribution >= 0.6 is 0 Å². The molecule has 0 fully saturated rings. The number of hydrogen-bond donors (Lipinski definition) is 1. The largest absolute Gasteiger partial charge is 0.326 e. The third-order valence-corrected chi connectivity index (χ3v) is 3.49.